The summed E-state index contributed by atoms with van der Waals surface area (Å²) in [5.41, 5.74) is 2.84. The van der Waals surface area contributed by atoms with E-state index in [-0.39, 0.29) is 0 Å². The second-order valence-corrected chi connectivity index (χ2v) is 5.89. The fourth-order valence-corrected chi connectivity index (χ4v) is 2.52. The number of hydrogen-bond acceptors (Lipinski definition) is 2. The maximum atomic E-state index is 4.31. The molecule has 98 valence electrons. The molecule has 18 heavy (non-hydrogen) atoms. The van der Waals surface area contributed by atoms with Gasteiger partial charge in [0.15, 0.2) is 0 Å². The van der Waals surface area contributed by atoms with Gasteiger partial charge in [0.25, 0.3) is 0 Å². The van der Waals surface area contributed by atoms with E-state index in [4.69, 9.17) is 0 Å². The summed E-state index contributed by atoms with van der Waals surface area (Å²) in [6, 6.07) is 0. The van der Waals surface area contributed by atoms with Crippen LogP contribution in [0.4, 0.5) is 0 Å². The van der Waals surface area contributed by atoms with E-state index in [1.54, 1.807) is 6.20 Å². The maximum Gasteiger partial charge on any atom is 0.0541 e. The van der Waals surface area contributed by atoms with Crippen molar-refractivity contribution in [3.05, 3.63) is 36.2 Å². The van der Waals surface area contributed by atoms with Gasteiger partial charge in [-0.2, -0.15) is 5.10 Å². The molecule has 0 atom stereocenters. The predicted octanol–water partition coefficient (Wildman–Crippen LogP) is 3.08. The smallest absolute Gasteiger partial charge is 0.0541 e. The molecule has 2 heterocycles. The third kappa shape index (κ3) is 2.91. The molecule has 0 unspecified atom stereocenters. The highest BCUT2D eigenvalue weighted by Crippen LogP contribution is 2.26. The van der Waals surface area contributed by atoms with Crippen LogP contribution in [0, 0.1) is 12.3 Å². The molecule has 0 aliphatic carbocycles. The summed E-state index contributed by atoms with van der Waals surface area (Å²) in [6.07, 6.45) is 9.46. The van der Waals surface area contributed by atoms with Gasteiger partial charge in [0, 0.05) is 37.1 Å². The molecule has 0 spiro atoms. The van der Waals surface area contributed by atoms with Crippen LogP contribution in [0.25, 0.3) is 6.20 Å². The van der Waals surface area contributed by atoms with E-state index in [9.17, 15) is 0 Å². The van der Waals surface area contributed by atoms with Crippen LogP contribution >= 0.6 is 0 Å². The first-order valence-corrected chi connectivity index (χ1v) is 6.55. The van der Waals surface area contributed by atoms with Gasteiger partial charge in [-0.25, -0.2) is 4.68 Å². The minimum atomic E-state index is 0.356. The molecule has 0 aromatic carbocycles. The standard InChI is InChI=1S/C15H23N3/c1-5-18-13(2)14(10-16-18)11-17-9-7-6-8-15(3,4)12-17/h5-7,10H,1,8-9,11-12H2,2-4H3. The van der Waals surface area contributed by atoms with E-state index in [1.165, 1.54) is 11.3 Å². The first-order valence-electron chi connectivity index (χ1n) is 6.55. The van der Waals surface area contributed by atoms with Gasteiger partial charge >= 0.3 is 0 Å². The molecule has 0 bridgehead atoms. The Hall–Kier alpha value is -1.35. The fraction of sp³-hybridized carbons (Fsp3) is 0.533. The molecule has 1 aliphatic heterocycles. The zero-order valence-electron chi connectivity index (χ0n) is 11.7. The Morgan fingerprint density at radius 3 is 2.89 bits per heavy atom. The van der Waals surface area contributed by atoms with Gasteiger partial charge in [0.2, 0.25) is 0 Å². The highest BCUT2D eigenvalue weighted by Gasteiger charge is 2.23. The highest BCUT2D eigenvalue weighted by atomic mass is 15.3. The summed E-state index contributed by atoms with van der Waals surface area (Å²) in [4.78, 5) is 2.49. The third-order valence-corrected chi connectivity index (χ3v) is 3.57. The number of nitrogens with zero attached hydrogens (tertiary/aromatic N) is 3. The van der Waals surface area contributed by atoms with Gasteiger partial charge in [-0.15, -0.1) is 0 Å². The quantitative estimate of drug-likeness (QED) is 0.763. The molecule has 1 aromatic heterocycles. The molecule has 0 fully saturated rings. The Bertz CT molecular complexity index is 454. The van der Waals surface area contributed by atoms with Crippen LogP contribution < -0.4 is 0 Å². The Morgan fingerprint density at radius 1 is 1.44 bits per heavy atom. The SMILES string of the molecule is C=Cn1ncc(CN2CC=CCC(C)(C)C2)c1C. The largest absolute Gasteiger partial charge is 0.295 e. The predicted molar refractivity (Wildman–Crippen MR) is 76.2 cm³/mol. The third-order valence-electron chi connectivity index (χ3n) is 3.57. The molecule has 1 aliphatic rings. The number of rotatable bonds is 3. The van der Waals surface area contributed by atoms with E-state index in [2.05, 4.69) is 49.5 Å². The van der Waals surface area contributed by atoms with Gasteiger partial charge in [-0.1, -0.05) is 32.6 Å². The first-order chi connectivity index (χ1) is 8.52. The van der Waals surface area contributed by atoms with E-state index in [0.717, 1.165) is 26.1 Å². The van der Waals surface area contributed by atoms with Crippen LogP contribution in [-0.2, 0) is 6.54 Å². The van der Waals surface area contributed by atoms with Crippen molar-refractivity contribution in [3.8, 4) is 0 Å². The van der Waals surface area contributed by atoms with Crippen LogP contribution in [0.5, 0.6) is 0 Å². The Balaban J connectivity index is 2.10. The molecule has 0 amide bonds. The van der Waals surface area contributed by atoms with Crippen molar-refractivity contribution in [2.24, 2.45) is 5.41 Å². The molecule has 1 aromatic rings. The summed E-state index contributed by atoms with van der Waals surface area (Å²) < 4.78 is 1.84. The lowest BCUT2D eigenvalue weighted by Gasteiger charge is -2.29. The second-order valence-electron chi connectivity index (χ2n) is 5.89. The number of aromatic nitrogens is 2. The van der Waals surface area contributed by atoms with E-state index < -0.39 is 0 Å². The molecule has 0 saturated heterocycles. The van der Waals surface area contributed by atoms with Crippen molar-refractivity contribution in [1.82, 2.24) is 14.7 Å². The summed E-state index contributed by atoms with van der Waals surface area (Å²) in [7, 11) is 0. The Kier molecular flexibility index (Phi) is 3.71. The van der Waals surface area contributed by atoms with Gasteiger partial charge in [0.05, 0.1) is 6.20 Å². The molecule has 2 rings (SSSR count). The second kappa shape index (κ2) is 5.11. The van der Waals surface area contributed by atoms with Crippen molar-refractivity contribution in [2.45, 2.75) is 33.7 Å². The normalized spacial score (nSPS) is 19.7. The molecule has 0 N–H and O–H groups in total. The minimum Gasteiger partial charge on any atom is -0.295 e. The zero-order chi connectivity index (χ0) is 13.2. The average Bonchev–Trinajstić information content (AvgIpc) is 2.54. The maximum absolute atomic E-state index is 4.31. The van der Waals surface area contributed by atoms with Crippen LogP contribution in [0.1, 0.15) is 31.5 Å². The summed E-state index contributed by atoms with van der Waals surface area (Å²) in [5.74, 6) is 0. The Labute approximate surface area is 110 Å². The summed E-state index contributed by atoms with van der Waals surface area (Å²) in [5, 5.41) is 4.31. The van der Waals surface area contributed by atoms with Gasteiger partial charge in [0.1, 0.15) is 0 Å². The van der Waals surface area contributed by atoms with Crippen LogP contribution in [0.2, 0.25) is 0 Å². The van der Waals surface area contributed by atoms with E-state index in [0.29, 0.717) is 5.41 Å². The molecule has 3 heteroatoms. The monoisotopic (exact) mass is 245 g/mol. The topological polar surface area (TPSA) is 21.1 Å². The highest BCUT2D eigenvalue weighted by molar-refractivity contribution is 5.26. The average molecular weight is 245 g/mol. The van der Waals surface area contributed by atoms with Crippen molar-refractivity contribution >= 4 is 6.20 Å². The molecular weight excluding hydrogens is 222 g/mol. The van der Waals surface area contributed by atoms with Crippen molar-refractivity contribution < 1.29 is 0 Å². The zero-order valence-corrected chi connectivity index (χ0v) is 11.7. The van der Waals surface area contributed by atoms with E-state index >= 15 is 0 Å². The Morgan fingerprint density at radius 2 is 2.22 bits per heavy atom. The van der Waals surface area contributed by atoms with Crippen molar-refractivity contribution in [1.29, 1.82) is 0 Å². The van der Waals surface area contributed by atoms with Gasteiger partial charge in [-0.05, 0) is 18.8 Å². The fourth-order valence-electron chi connectivity index (χ4n) is 2.52. The van der Waals surface area contributed by atoms with Gasteiger partial charge < -0.3 is 0 Å². The van der Waals surface area contributed by atoms with Crippen LogP contribution in [-0.4, -0.2) is 27.8 Å². The molecule has 3 nitrogen and oxygen atoms in total. The summed E-state index contributed by atoms with van der Waals surface area (Å²) >= 11 is 0. The molecular formula is C15H23N3. The summed E-state index contributed by atoms with van der Waals surface area (Å²) in [6.45, 7) is 13.6. The van der Waals surface area contributed by atoms with E-state index in [1.807, 2.05) is 10.9 Å². The lowest BCUT2D eigenvalue weighted by molar-refractivity contribution is 0.195. The van der Waals surface area contributed by atoms with Crippen LogP contribution in [0.15, 0.2) is 24.9 Å². The first kappa shape index (κ1) is 13.1. The number of allylic oxidation sites excluding steroid dienone is 1. The van der Waals surface area contributed by atoms with Crippen molar-refractivity contribution in [2.75, 3.05) is 13.1 Å². The van der Waals surface area contributed by atoms with Crippen LogP contribution in [0.3, 0.4) is 0 Å². The minimum absolute atomic E-state index is 0.356. The molecule has 0 radical (unpaired) electrons. The lowest BCUT2D eigenvalue weighted by atomic mass is 9.89. The van der Waals surface area contributed by atoms with Gasteiger partial charge in [-0.3, -0.25) is 4.90 Å². The lowest BCUT2D eigenvalue weighted by Crippen LogP contribution is -2.32. The molecule has 0 saturated carbocycles. The number of hydrogen-bond donors (Lipinski definition) is 0. The van der Waals surface area contributed by atoms with Crippen molar-refractivity contribution in [3.63, 3.8) is 0 Å².